The van der Waals surface area contributed by atoms with Crippen molar-refractivity contribution in [3.63, 3.8) is 0 Å². The van der Waals surface area contributed by atoms with Crippen LogP contribution in [-0.4, -0.2) is 22.9 Å². The molecule has 0 radical (unpaired) electrons. The molecule has 4 rings (SSSR count). The second kappa shape index (κ2) is 9.75. The zero-order valence-corrected chi connectivity index (χ0v) is 18.6. The van der Waals surface area contributed by atoms with E-state index in [4.69, 9.17) is 4.74 Å². The van der Waals surface area contributed by atoms with E-state index in [1.54, 1.807) is 31.4 Å². The molecule has 1 heterocycles. The minimum absolute atomic E-state index is 0.0151. The molecule has 1 aromatic heterocycles. The van der Waals surface area contributed by atoms with E-state index in [1.807, 2.05) is 12.1 Å². The summed E-state index contributed by atoms with van der Waals surface area (Å²) < 4.78 is 32.2. The van der Waals surface area contributed by atoms with Crippen molar-refractivity contribution in [2.24, 2.45) is 0 Å². The highest BCUT2D eigenvalue weighted by molar-refractivity contribution is 7.16. The Morgan fingerprint density at radius 3 is 2.29 bits per heavy atom. The Bertz CT molecular complexity index is 1340. The first kappa shape index (κ1) is 23.0. The zero-order valence-electron chi connectivity index (χ0n) is 17.7. The molecule has 0 aliphatic rings. The standard InChI is InChI=1S/C24H17F2N3O4S/c1-33-20-8-4-15(5-9-20)22-21(10-14-2-6-19(7-3-14)29(31)32)34-24(27-22)28-23(30)16-11-17(25)13-18(26)12-16/h2-9,11-13H,10H2,1H3,(H,27,28,30). The Morgan fingerprint density at radius 2 is 1.71 bits per heavy atom. The minimum Gasteiger partial charge on any atom is -0.497 e. The van der Waals surface area contributed by atoms with Gasteiger partial charge < -0.3 is 4.74 Å². The van der Waals surface area contributed by atoms with Crippen LogP contribution < -0.4 is 10.1 Å². The molecule has 34 heavy (non-hydrogen) atoms. The van der Waals surface area contributed by atoms with Crippen LogP contribution in [0.5, 0.6) is 5.75 Å². The van der Waals surface area contributed by atoms with Gasteiger partial charge in [-0.2, -0.15) is 0 Å². The number of aromatic nitrogens is 1. The van der Waals surface area contributed by atoms with Crippen LogP contribution in [0.2, 0.25) is 0 Å². The fourth-order valence-electron chi connectivity index (χ4n) is 3.27. The molecular weight excluding hydrogens is 464 g/mol. The molecule has 0 unspecified atom stereocenters. The molecule has 1 amide bonds. The highest BCUT2D eigenvalue weighted by Gasteiger charge is 2.18. The summed E-state index contributed by atoms with van der Waals surface area (Å²) in [5.41, 5.74) is 2.00. The summed E-state index contributed by atoms with van der Waals surface area (Å²) in [6, 6.07) is 15.9. The number of nitrogens with one attached hydrogen (secondary N) is 1. The number of carbonyl (C=O) groups is 1. The molecule has 0 aliphatic carbocycles. The van der Waals surface area contributed by atoms with Crippen molar-refractivity contribution in [2.75, 3.05) is 12.4 Å². The third-order valence-corrected chi connectivity index (χ3v) is 5.89. The predicted molar refractivity (Wildman–Crippen MR) is 124 cm³/mol. The molecule has 7 nitrogen and oxygen atoms in total. The lowest BCUT2D eigenvalue weighted by molar-refractivity contribution is -0.384. The van der Waals surface area contributed by atoms with Crippen molar-refractivity contribution in [1.82, 2.24) is 4.98 Å². The number of methoxy groups -OCH3 is 1. The van der Waals surface area contributed by atoms with Gasteiger partial charge in [0.1, 0.15) is 17.4 Å². The molecule has 0 spiro atoms. The molecule has 0 atom stereocenters. The normalized spacial score (nSPS) is 10.7. The van der Waals surface area contributed by atoms with Gasteiger partial charge >= 0.3 is 0 Å². The van der Waals surface area contributed by atoms with E-state index in [-0.39, 0.29) is 16.4 Å². The maximum Gasteiger partial charge on any atom is 0.269 e. The van der Waals surface area contributed by atoms with E-state index in [1.165, 1.54) is 23.5 Å². The van der Waals surface area contributed by atoms with Crippen LogP contribution in [0.3, 0.4) is 0 Å². The Kier molecular flexibility index (Phi) is 6.60. The van der Waals surface area contributed by atoms with Gasteiger partial charge in [0.2, 0.25) is 0 Å². The van der Waals surface area contributed by atoms with Gasteiger partial charge in [0.25, 0.3) is 11.6 Å². The second-order valence-electron chi connectivity index (χ2n) is 7.23. The summed E-state index contributed by atoms with van der Waals surface area (Å²) >= 11 is 1.21. The highest BCUT2D eigenvalue weighted by atomic mass is 32.1. The number of non-ortho nitro benzene ring substituents is 1. The van der Waals surface area contributed by atoms with E-state index in [0.29, 0.717) is 23.9 Å². The first-order chi connectivity index (χ1) is 16.3. The van der Waals surface area contributed by atoms with Crippen LogP contribution in [0, 0.1) is 21.7 Å². The SMILES string of the molecule is COc1ccc(-c2nc(NC(=O)c3cc(F)cc(F)c3)sc2Cc2ccc([N+](=O)[O-])cc2)cc1. The number of nitrogens with zero attached hydrogens (tertiary/aromatic N) is 2. The van der Waals surface area contributed by atoms with Crippen LogP contribution in [0.25, 0.3) is 11.3 Å². The first-order valence-corrected chi connectivity index (χ1v) is 10.8. The summed E-state index contributed by atoms with van der Waals surface area (Å²) in [5, 5.41) is 13.8. The molecule has 0 saturated heterocycles. The first-order valence-electron chi connectivity index (χ1n) is 9.97. The Balaban J connectivity index is 1.66. The number of hydrogen-bond donors (Lipinski definition) is 1. The van der Waals surface area contributed by atoms with Crippen molar-refractivity contribution < 1.29 is 23.2 Å². The van der Waals surface area contributed by atoms with Crippen LogP contribution >= 0.6 is 11.3 Å². The molecule has 10 heteroatoms. The number of nitro groups is 1. The fourth-order valence-corrected chi connectivity index (χ4v) is 4.29. The average molecular weight is 481 g/mol. The maximum absolute atomic E-state index is 13.5. The van der Waals surface area contributed by atoms with Crippen LogP contribution in [0.1, 0.15) is 20.8 Å². The van der Waals surface area contributed by atoms with Gasteiger partial charge in [-0.25, -0.2) is 13.8 Å². The van der Waals surface area contributed by atoms with Gasteiger partial charge in [0, 0.05) is 40.6 Å². The monoisotopic (exact) mass is 481 g/mol. The average Bonchev–Trinajstić information content (AvgIpc) is 3.20. The smallest absolute Gasteiger partial charge is 0.269 e. The zero-order chi connectivity index (χ0) is 24.2. The molecule has 172 valence electrons. The highest BCUT2D eigenvalue weighted by Crippen LogP contribution is 2.34. The van der Waals surface area contributed by atoms with Gasteiger partial charge in [-0.15, -0.1) is 11.3 Å². The van der Waals surface area contributed by atoms with Crippen LogP contribution in [0.15, 0.2) is 66.7 Å². The molecule has 0 fully saturated rings. The van der Waals surface area contributed by atoms with Crippen molar-refractivity contribution in [2.45, 2.75) is 6.42 Å². The van der Waals surface area contributed by atoms with Crippen molar-refractivity contribution >= 4 is 28.1 Å². The minimum atomic E-state index is -0.859. The van der Waals surface area contributed by atoms with E-state index < -0.39 is 22.5 Å². The van der Waals surface area contributed by atoms with Gasteiger partial charge in [-0.3, -0.25) is 20.2 Å². The number of anilines is 1. The summed E-state index contributed by atoms with van der Waals surface area (Å²) in [7, 11) is 1.56. The van der Waals surface area contributed by atoms with Crippen molar-refractivity contribution in [3.05, 3.63) is 104 Å². The number of halogens is 2. The number of hydrogen-bond acceptors (Lipinski definition) is 6. The predicted octanol–water partition coefficient (Wildman–Crippen LogP) is 5.85. The van der Waals surface area contributed by atoms with Crippen LogP contribution in [0.4, 0.5) is 19.6 Å². The lowest BCUT2D eigenvalue weighted by Crippen LogP contribution is -2.12. The largest absolute Gasteiger partial charge is 0.497 e. The third kappa shape index (κ3) is 5.24. The third-order valence-electron chi connectivity index (χ3n) is 4.92. The topological polar surface area (TPSA) is 94.4 Å². The Hall–Kier alpha value is -4.18. The number of thiazole rings is 1. The van der Waals surface area contributed by atoms with Gasteiger partial charge in [0.15, 0.2) is 5.13 Å². The molecule has 0 saturated carbocycles. The lowest BCUT2D eigenvalue weighted by Gasteiger charge is -2.05. The number of carbonyl (C=O) groups excluding carboxylic acids is 1. The Morgan fingerprint density at radius 1 is 1.06 bits per heavy atom. The molecule has 0 bridgehead atoms. The van der Waals surface area contributed by atoms with Gasteiger partial charge in [-0.1, -0.05) is 12.1 Å². The molecular formula is C24H17F2N3O4S. The summed E-state index contributed by atoms with van der Waals surface area (Å²) in [5.74, 6) is -1.75. The van der Waals surface area contributed by atoms with E-state index in [0.717, 1.165) is 28.1 Å². The molecule has 4 aromatic rings. The van der Waals surface area contributed by atoms with E-state index in [9.17, 15) is 23.7 Å². The van der Waals surface area contributed by atoms with Gasteiger partial charge in [-0.05, 0) is 42.0 Å². The van der Waals surface area contributed by atoms with Crippen molar-refractivity contribution in [3.8, 4) is 17.0 Å². The number of rotatable bonds is 7. The van der Waals surface area contributed by atoms with E-state index in [2.05, 4.69) is 10.3 Å². The summed E-state index contributed by atoms with van der Waals surface area (Å²) in [6.07, 6.45) is 0.404. The van der Waals surface area contributed by atoms with E-state index >= 15 is 0 Å². The van der Waals surface area contributed by atoms with Crippen LogP contribution in [-0.2, 0) is 6.42 Å². The summed E-state index contributed by atoms with van der Waals surface area (Å²) in [6.45, 7) is 0. The number of nitro benzene ring substituents is 1. The molecule has 0 aliphatic heterocycles. The number of benzene rings is 3. The number of amides is 1. The molecule has 1 N–H and O–H groups in total. The molecule has 3 aromatic carbocycles. The second-order valence-corrected chi connectivity index (χ2v) is 8.32. The Labute approximate surface area is 196 Å². The lowest BCUT2D eigenvalue weighted by atomic mass is 10.1. The fraction of sp³-hybridized carbons (Fsp3) is 0.0833. The number of ether oxygens (including phenoxy) is 1. The van der Waals surface area contributed by atoms with Gasteiger partial charge in [0.05, 0.1) is 17.7 Å². The summed E-state index contributed by atoms with van der Waals surface area (Å²) in [4.78, 5) is 28.3. The van der Waals surface area contributed by atoms with Crippen molar-refractivity contribution in [1.29, 1.82) is 0 Å². The quantitative estimate of drug-likeness (QED) is 0.264. The maximum atomic E-state index is 13.5.